The monoisotopic (exact) mass is 232 g/mol. The van der Waals surface area contributed by atoms with Crippen molar-refractivity contribution in [1.29, 1.82) is 0 Å². The molecule has 3 unspecified atom stereocenters. The van der Waals surface area contributed by atoms with Gasteiger partial charge in [-0.2, -0.15) is 0 Å². The Morgan fingerprint density at radius 3 is 2.29 bits per heavy atom. The normalized spacial score (nSPS) is 27.9. The predicted molar refractivity (Wildman–Crippen MR) is 72.6 cm³/mol. The molecule has 1 aliphatic rings. The lowest BCUT2D eigenvalue weighted by Crippen LogP contribution is -2.52. The van der Waals surface area contributed by atoms with E-state index < -0.39 is 0 Å². The zero-order valence-electron chi connectivity index (χ0n) is 11.2. The summed E-state index contributed by atoms with van der Waals surface area (Å²) in [6.07, 6.45) is 3.97. The van der Waals surface area contributed by atoms with Crippen LogP contribution in [-0.2, 0) is 0 Å². The van der Waals surface area contributed by atoms with Crippen LogP contribution in [0.4, 0.5) is 0 Å². The molecule has 0 spiro atoms. The molecule has 0 aliphatic carbocycles. The maximum Gasteiger partial charge on any atom is 0.0436 e. The van der Waals surface area contributed by atoms with Crippen molar-refractivity contribution in [1.82, 2.24) is 10.4 Å². The molecule has 94 valence electrons. The number of nitrogens with one attached hydrogen (secondary N) is 1. The van der Waals surface area contributed by atoms with Gasteiger partial charge in [0.15, 0.2) is 0 Å². The molecule has 1 heterocycles. The van der Waals surface area contributed by atoms with E-state index in [1.807, 2.05) is 0 Å². The molecule has 1 aromatic carbocycles. The van der Waals surface area contributed by atoms with Crippen LogP contribution in [0.2, 0.25) is 0 Å². The van der Waals surface area contributed by atoms with Crippen LogP contribution in [0.5, 0.6) is 0 Å². The SMILES string of the molecule is CC(NN1C(C)CCCC1C)c1ccccc1. The van der Waals surface area contributed by atoms with Crippen molar-refractivity contribution in [3.8, 4) is 0 Å². The molecule has 1 fully saturated rings. The minimum absolute atomic E-state index is 0.388. The fraction of sp³-hybridized carbons (Fsp3) is 0.600. The van der Waals surface area contributed by atoms with Crippen LogP contribution in [0.15, 0.2) is 30.3 Å². The van der Waals surface area contributed by atoms with Crippen LogP contribution < -0.4 is 5.43 Å². The Kier molecular flexibility index (Phi) is 4.19. The van der Waals surface area contributed by atoms with Crippen molar-refractivity contribution in [2.45, 2.75) is 58.2 Å². The third-order valence-corrected chi connectivity index (χ3v) is 3.84. The van der Waals surface area contributed by atoms with Gasteiger partial charge in [-0.05, 0) is 39.2 Å². The van der Waals surface area contributed by atoms with Gasteiger partial charge in [-0.1, -0.05) is 36.8 Å². The van der Waals surface area contributed by atoms with E-state index in [0.717, 1.165) is 0 Å². The molecule has 0 radical (unpaired) electrons. The first kappa shape index (κ1) is 12.6. The zero-order valence-corrected chi connectivity index (χ0v) is 11.2. The fourth-order valence-electron chi connectivity index (χ4n) is 2.72. The van der Waals surface area contributed by atoms with Crippen molar-refractivity contribution < 1.29 is 0 Å². The first-order chi connectivity index (χ1) is 8.18. The van der Waals surface area contributed by atoms with E-state index in [0.29, 0.717) is 18.1 Å². The molecular formula is C15H24N2. The molecule has 0 amide bonds. The summed E-state index contributed by atoms with van der Waals surface area (Å²) in [5.74, 6) is 0. The molecule has 17 heavy (non-hydrogen) atoms. The topological polar surface area (TPSA) is 15.3 Å². The minimum atomic E-state index is 0.388. The summed E-state index contributed by atoms with van der Waals surface area (Å²) in [5, 5.41) is 2.45. The molecule has 1 aromatic rings. The lowest BCUT2D eigenvalue weighted by Gasteiger charge is -2.41. The fourth-order valence-corrected chi connectivity index (χ4v) is 2.72. The summed E-state index contributed by atoms with van der Waals surface area (Å²) in [5.41, 5.74) is 5.03. The van der Waals surface area contributed by atoms with Crippen LogP contribution in [0.25, 0.3) is 0 Å². The van der Waals surface area contributed by atoms with E-state index in [-0.39, 0.29) is 0 Å². The van der Waals surface area contributed by atoms with E-state index in [2.05, 4.69) is 61.5 Å². The predicted octanol–water partition coefficient (Wildman–Crippen LogP) is 3.52. The minimum Gasteiger partial charge on any atom is -0.247 e. The van der Waals surface area contributed by atoms with Crippen molar-refractivity contribution >= 4 is 0 Å². The molecule has 1 aliphatic heterocycles. The molecule has 3 atom stereocenters. The van der Waals surface area contributed by atoms with Gasteiger partial charge in [-0.25, -0.2) is 10.4 Å². The van der Waals surface area contributed by atoms with Gasteiger partial charge in [0.05, 0.1) is 0 Å². The van der Waals surface area contributed by atoms with E-state index in [9.17, 15) is 0 Å². The Bertz CT molecular complexity index is 326. The van der Waals surface area contributed by atoms with Crippen LogP contribution in [0.3, 0.4) is 0 Å². The summed E-state index contributed by atoms with van der Waals surface area (Å²) in [7, 11) is 0. The highest BCUT2D eigenvalue weighted by Gasteiger charge is 2.25. The van der Waals surface area contributed by atoms with Gasteiger partial charge in [0.2, 0.25) is 0 Å². The number of hydrazine groups is 1. The van der Waals surface area contributed by atoms with Crippen LogP contribution in [0, 0.1) is 0 Å². The molecule has 2 nitrogen and oxygen atoms in total. The lowest BCUT2D eigenvalue weighted by atomic mass is 9.99. The van der Waals surface area contributed by atoms with Gasteiger partial charge >= 0.3 is 0 Å². The van der Waals surface area contributed by atoms with E-state index in [4.69, 9.17) is 0 Å². The number of benzene rings is 1. The third-order valence-electron chi connectivity index (χ3n) is 3.84. The smallest absolute Gasteiger partial charge is 0.0436 e. The third kappa shape index (κ3) is 3.08. The summed E-state index contributed by atoms with van der Waals surface area (Å²) in [4.78, 5) is 0. The Morgan fingerprint density at radius 2 is 1.71 bits per heavy atom. The number of hydrogen-bond acceptors (Lipinski definition) is 2. The number of piperidine rings is 1. The van der Waals surface area contributed by atoms with Crippen molar-refractivity contribution in [2.75, 3.05) is 0 Å². The zero-order chi connectivity index (χ0) is 12.3. The number of rotatable bonds is 3. The van der Waals surface area contributed by atoms with E-state index in [1.54, 1.807) is 0 Å². The Balaban J connectivity index is 2.00. The van der Waals surface area contributed by atoms with Gasteiger partial charge in [-0.3, -0.25) is 0 Å². The molecular weight excluding hydrogens is 208 g/mol. The van der Waals surface area contributed by atoms with E-state index in [1.165, 1.54) is 24.8 Å². The molecule has 0 saturated carbocycles. The molecule has 0 aromatic heterocycles. The maximum atomic E-state index is 3.67. The highest BCUT2D eigenvalue weighted by Crippen LogP contribution is 2.23. The second kappa shape index (κ2) is 5.65. The maximum absolute atomic E-state index is 3.67. The standard InChI is InChI=1S/C15H24N2/c1-12-8-7-9-13(2)17(12)16-14(3)15-10-5-4-6-11-15/h4-6,10-14,16H,7-9H2,1-3H3. The Labute approximate surface area is 105 Å². The first-order valence-electron chi connectivity index (χ1n) is 6.78. The average molecular weight is 232 g/mol. The van der Waals surface area contributed by atoms with Gasteiger partial charge in [0, 0.05) is 18.1 Å². The molecule has 0 bridgehead atoms. The quantitative estimate of drug-likeness (QED) is 0.858. The van der Waals surface area contributed by atoms with Gasteiger partial charge < -0.3 is 0 Å². The van der Waals surface area contributed by atoms with Gasteiger partial charge in [0.25, 0.3) is 0 Å². The van der Waals surface area contributed by atoms with Crippen molar-refractivity contribution in [3.63, 3.8) is 0 Å². The van der Waals surface area contributed by atoms with Crippen LogP contribution in [0.1, 0.15) is 51.6 Å². The Hall–Kier alpha value is -0.860. The highest BCUT2D eigenvalue weighted by molar-refractivity contribution is 5.17. The summed E-state index contributed by atoms with van der Waals surface area (Å²) in [6.45, 7) is 6.88. The second-order valence-electron chi connectivity index (χ2n) is 5.30. The summed E-state index contributed by atoms with van der Waals surface area (Å²) < 4.78 is 0. The van der Waals surface area contributed by atoms with Crippen molar-refractivity contribution in [2.24, 2.45) is 0 Å². The van der Waals surface area contributed by atoms with Crippen LogP contribution >= 0.6 is 0 Å². The summed E-state index contributed by atoms with van der Waals surface area (Å²) >= 11 is 0. The molecule has 1 saturated heterocycles. The van der Waals surface area contributed by atoms with Crippen LogP contribution in [-0.4, -0.2) is 17.1 Å². The van der Waals surface area contributed by atoms with Crippen molar-refractivity contribution in [3.05, 3.63) is 35.9 Å². The number of nitrogens with zero attached hydrogens (tertiary/aromatic N) is 1. The molecule has 1 N–H and O–H groups in total. The highest BCUT2D eigenvalue weighted by atomic mass is 15.5. The largest absolute Gasteiger partial charge is 0.247 e. The first-order valence-corrected chi connectivity index (χ1v) is 6.78. The Morgan fingerprint density at radius 1 is 1.12 bits per heavy atom. The number of hydrogen-bond donors (Lipinski definition) is 1. The summed E-state index contributed by atoms with van der Waals surface area (Å²) in [6, 6.07) is 12.3. The lowest BCUT2D eigenvalue weighted by molar-refractivity contribution is 0.0320. The average Bonchev–Trinajstić information content (AvgIpc) is 2.35. The van der Waals surface area contributed by atoms with Gasteiger partial charge in [-0.15, -0.1) is 0 Å². The molecule has 2 rings (SSSR count). The molecule has 2 heteroatoms. The second-order valence-corrected chi connectivity index (χ2v) is 5.30. The van der Waals surface area contributed by atoms with E-state index >= 15 is 0 Å². The van der Waals surface area contributed by atoms with Gasteiger partial charge in [0.1, 0.15) is 0 Å².